The molecule has 2 N–H and O–H groups in total. The maximum atomic E-state index is 11.6. The number of hydroxylamine groups is 2. The average molecular weight is 314 g/mol. The van der Waals surface area contributed by atoms with Crippen LogP contribution >= 0.6 is 0 Å². The number of imide groups is 1. The quantitative estimate of drug-likeness (QED) is 0.611. The Bertz CT molecular complexity index is 485. The van der Waals surface area contributed by atoms with Gasteiger partial charge in [-0.15, -0.1) is 5.06 Å². The monoisotopic (exact) mass is 314 g/mol. The highest BCUT2D eigenvalue weighted by Gasteiger charge is 2.33. The Morgan fingerprint density at radius 3 is 2.18 bits per heavy atom. The van der Waals surface area contributed by atoms with Crippen molar-refractivity contribution in [2.45, 2.75) is 45.6 Å². The molecular formula is C13H18N2O7. The van der Waals surface area contributed by atoms with Crippen LogP contribution in [0.1, 0.15) is 39.5 Å². The lowest BCUT2D eigenvalue weighted by Gasteiger charge is -2.18. The molecule has 0 unspecified atom stereocenters. The van der Waals surface area contributed by atoms with Crippen LogP contribution in [0.15, 0.2) is 0 Å². The molecule has 122 valence electrons. The van der Waals surface area contributed by atoms with Crippen LogP contribution in [0.3, 0.4) is 0 Å². The third-order valence-corrected chi connectivity index (χ3v) is 3.00. The van der Waals surface area contributed by atoms with Crippen molar-refractivity contribution in [3.8, 4) is 0 Å². The maximum absolute atomic E-state index is 11.6. The second-order valence-corrected chi connectivity index (χ2v) is 5.17. The standard InChI is InChI=1S/C13H18N2O7/c1-7(2)12(13(20)21)14-8(16)3-6-11(19)22-15-9(17)4-5-10(15)18/h7,12H,3-6H2,1-2H3,(H,14,16)(H,20,21)/t12-/m0/s1. The van der Waals surface area contributed by atoms with Gasteiger partial charge in [0.05, 0.1) is 6.42 Å². The summed E-state index contributed by atoms with van der Waals surface area (Å²) >= 11 is 0. The molecular weight excluding hydrogens is 296 g/mol. The van der Waals surface area contributed by atoms with E-state index >= 15 is 0 Å². The number of amides is 3. The van der Waals surface area contributed by atoms with Crippen LogP contribution in [-0.2, 0) is 28.8 Å². The van der Waals surface area contributed by atoms with E-state index in [1.807, 2.05) is 0 Å². The molecule has 0 bridgehead atoms. The van der Waals surface area contributed by atoms with Crippen molar-refractivity contribution in [1.82, 2.24) is 10.4 Å². The van der Waals surface area contributed by atoms with E-state index in [-0.39, 0.29) is 31.6 Å². The fourth-order valence-electron chi connectivity index (χ4n) is 1.78. The third kappa shape index (κ3) is 4.83. The van der Waals surface area contributed by atoms with Crippen LogP contribution in [0.4, 0.5) is 0 Å². The van der Waals surface area contributed by atoms with E-state index in [1.165, 1.54) is 0 Å². The summed E-state index contributed by atoms with van der Waals surface area (Å²) in [6.07, 6.45) is -0.693. The first-order valence-corrected chi connectivity index (χ1v) is 6.81. The van der Waals surface area contributed by atoms with E-state index < -0.39 is 35.7 Å². The van der Waals surface area contributed by atoms with Crippen LogP contribution in [0.2, 0.25) is 0 Å². The second kappa shape index (κ2) is 7.53. The number of carbonyl (C=O) groups excluding carboxylic acids is 4. The van der Waals surface area contributed by atoms with Crippen molar-refractivity contribution < 1.29 is 33.9 Å². The lowest BCUT2D eigenvalue weighted by atomic mass is 10.0. The van der Waals surface area contributed by atoms with Gasteiger partial charge >= 0.3 is 11.9 Å². The first kappa shape index (κ1) is 17.6. The van der Waals surface area contributed by atoms with Gasteiger partial charge in [-0.05, 0) is 5.92 Å². The fourth-order valence-corrected chi connectivity index (χ4v) is 1.78. The van der Waals surface area contributed by atoms with E-state index in [4.69, 9.17) is 5.11 Å². The normalized spacial score (nSPS) is 15.9. The second-order valence-electron chi connectivity index (χ2n) is 5.17. The smallest absolute Gasteiger partial charge is 0.333 e. The lowest BCUT2D eigenvalue weighted by molar-refractivity contribution is -0.197. The number of nitrogens with one attached hydrogen (secondary N) is 1. The van der Waals surface area contributed by atoms with Gasteiger partial charge in [0, 0.05) is 19.3 Å². The molecule has 0 radical (unpaired) electrons. The van der Waals surface area contributed by atoms with Crippen molar-refractivity contribution in [2.24, 2.45) is 5.92 Å². The number of carboxylic acids is 1. The number of hydrogen-bond acceptors (Lipinski definition) is 6. The number of hydrogen-bond donors (Lipinski definition) is 2. The Labute approximate surface area is 126 Å². The highest BCUT2D eigenvalue weighted by atomic mass is 16.7. The van der Waals surface area contributed by atoms with Crippen molar-refractivity contribution in [1.29, 1.82) is 0 Å². The summed E-state index contributed by atoms with van der Waals surface area (Å²) in [6, 6.07) is -1.05. The molecule has 1 heterocycles. The van der Waals surface area contributed by atoms with Crippen LogP contribution in [-0.4, -0.2) is 45.9 Å². The highest BCUT2D eigenvalue weighted by Crippen LogP contribution is 2.13. The molecule has 0 aromatic rings. The molecule has 1 fully saturated rings. The van der Waals surface area contributed by atoms with Gasteiger partial charge in [-0.25, -0.2) is 9.59 Å². The van der Waals surface area contributed by atoms with E-state index in [0.29, 0.717) is 5.06 Å². The minimum atomic E-state index is -1.17. The van der Waals surface area contributed by atoms with Gasteiger partial charge in [0.25, 0.3) is 11.8 Å². The number of rotatable bonds is 7. The first-order valence-electron chi connectivity index (χ1n) is 6.81. The van der Waals surface area contributed by atoms with E-state index in [2.05, 4.69) is 10.2 Å². The molecule has 1 rings (SSSR count). The van der Waals surface area contributed by atoms with Gasteiger partial charge in [0.1, 0.15) is 6.04 Å². The maximum Gasteiger partial charge on any atom is 0.333 e. The largest absolute Gasteiger partial charge is 0.480 e. The molecule has 1 aliphatic rings. The molecule has 1 atom stereocenters. The summed E-state index contributed by atoms with van der Waals surface area (Å²) in [4.78, 5) is 61.1. The molecule has 0 aliphatic carbocycles. The molecule has 9 heteroatoms. The Kier molecular flexibility index (Phi) is 6.02. The molecule has 3 amide bonds. The predicted octanol–water partition coefficient (Wildman–Crippen LogP) is -0.401. The zero-order chi connectivity index (χ0) is 16.9. The fraction of sp³-hybridized carbons (Fsp3) is 0.615. The van der Waals surface area contributed by atoms with Gasteiger partial charge in [0.15, 0.2) is 0 Å². The number of carbonyl (C=O) groups is 5. The van der Waals surface area contributed by atoms with Gasteiger partial charge in [-0.3, -0.25) is 14.4 Å². The van der Waals surface area contributed by atoms with E-state index in [1.54, 1.807) is 13.8 Å². The summed E-state index contributed by atoms with van der Waals surface area (Å²) < 4.78 is 0. The SMILES string of the molecule is CC(C)[C@H](NC(=O)CCC(=O)ON1C(=O)CCC1=O)C(=O)O. The van der Waals surface area contributed by atoms with Crippen LogP contribution < -0.4 is 5.32 Å². The molecule has 22 heavy (non-hydrogen) atoms. The molecule has 9 nitrogen and oxygen atoms in total. The van der Waals surface area contributed by atoms with E-state index in [0.717, 1.165) is 0 Å². The third-order valence-electron chi connectivity index (χ3n) is 3.00. The Balaban J connectivity index is 2.40. The van der Waals surface area contributed by atoms with Gasteiger partial charge in [-0.1, -0.05) is 13.8 Å². The zero-order valence-electron chi connectivity index (χ0n) is 12.3. The minimum Gasteiger partial charge on any atom is -0.480 e. The van der Waals surface area contributed by atoms with Gasteiger partial charge in [-0.2, -0.15) is 0 Å². The first-order chi connectivity index (χ1) is 10.2. The topological polar surface area (TPSA) is 130 Å². The molecule has 0 aromatic carbocycles. The number of nitrogens with zero attached hydrogens (tertiary/aromatic N) is 1. The Hall–Kier alpha value is -2.45. The van der Waals surface area contributed by atoms with Crippen molar-refractivity contribution >= 4 is 29.7 Å². The van der Waals surface area contributed by atoms with E-state index in [9.17, 15) is 24.0 Å². The van der Waals surface area contributed by atoms with Crippen molar-refractivity contribution in [3.05, 3.63) is 0 Å². The molecule has 1 saturated heterocycles. The number of aliphatic carboxylic acids is 1. The van der Waals surface area contributed by atoms with Gasteiger partial charge in [0.2, 0.25) is 5.91 Å². The lowest BCUT2D eigenvalue weighted by Crippen LogP contribution is -2.44. The highest BCUT2D eigenvalue weighted by molar-refractivity contribution is 6.01. The summed E-state index contributed by atoms with van der Waals surface area (Å²) in [5, 5.41) is 11.6. The minimum absolute atomic E-state index is 0.0126. The van der Waals surface area contributed by atoms with Crippen LogP contribution in [0.5, 0.6) is 0 Å². The van der Waals surface area contributed by atoms with Gasteiger partial charge < -0.3 is 15.3 Å². The molecule has 0 saturated carbocycles. The summed E-state index contributed by atoms with van der Waals surface area (Å²) in [5.74, 6) is -4.22. The zero-order valence-corrected chi connectivity index (χ0v) is 12.3. The number of carboxylic acid groups (broad SMARTS) is 1. The summed E-state index contributed by atoms with van der Waals surface area (Å²) in [7, 11) is 0. The predicted molar refractivity (Wildman–Crippen MR) is 70.8 cm³/mol. The van der Waals surface area contributed by atoms with Crippen molar-refractivity contribution in [2.75, 3.05) is 0 Å². The van der Waals surface area contributed by atoms with Crippen LogP contribution in [0.25, 0.3) is 0 Å². The average Bonchev–Trinajstić information content (AvgIpc) is 2.73. The Morgan fingerprint density at radius 1 is 1.18 bits per heavy atom. The molecule has 1 aliphatic heterocycles. The summed E-state index contributed by atoms with van der Waals surface area (Å²) in [6.45, 7) is 3.27. The molecule has 0 spiro atoms. The van der Waals surface area contributed by atoms with Crippen LogP contribution in [0, 0.1) is 5.92 Å². The van der Waals surface area contributed by atoms with Crippen molar-refractivity contribution in [3.63, 3.8) is 0 Å². The summed E-state index contributed by atoms with van der Waals surface area (Å²) in [5.41, 5.74) is 0. The molecule has 0 aromatic heterocycles. The Morgan fingerprint density at radius 2 is 1.73 bits per heavy atom.